The van der Waals surface area contributed by atoms with Gasteiger partial charge in [0.05, 0.1) is 19.3 Å². The summed E-state index contributed by atoms with van der Waals surface area (Å²) in [6.45, 7) is 1.76. The van der Waals surface area contributed by atoms with Gasteiger partial charge >= 0.3 is 0 Å². The molecule has 0 radical (unpaired) electrons. The van der Waals surface area contributed by atoms with Crippen LogP contribution in [0.15, 0.2) is 0 Å². The summed E-state index contributed by atoms with van der Waals surface area (Å²) in [5.41, 5.74) is 0. The second-order valence-electron chi connectivity index (χ2n) is 6.27. The minimum atomic E-state index is -1.74. The molecule has 1 rings (SSSR count). The molecule has 10 heteroatoms. The van der Waals surface area contributed by atoms with E-state index >= 15 is 0 Å². The Bertz CT molecular complexity index is 365. The molecule has 144 valence electrons. The molecule has 24 heavy (non-hydrogen) atoms. The van der Waals surface area contributed by atoms with Crippen LogP contribution in [-0.2, 0) is 9.47 Å². The zero-order valence-corrected chi connectivity index (χ0v) is 13.6. The molecule has 0 spiro atoms. The first-order valence-corrected chi connectivity index (χ1v) is 7.76. The summed E-state index contributed by atoms with van der Waals surface area (Å²) >= 11 is 0. The third-order valence-corrected chi connectivity index (χ3v) is 4.08. The summed E-state index contributed by atoms with van der Waals surface area (Å²) in [6.07, 6.45) is -13.9. The molecule has 9 atom stereocenters. The monoisotopic (exact) mass is 356 g/mol. The highest BCUT2D eigenvalue weighted by molar-refractivity contribution is 4.91. The van der Waals surface area contributed by atoms with Crippen LogP contribution in [0.4, 0.5) is 0 Å². The van der Waals surface area contributed by atoms with Gasteiger partial charge in [-0.3, -0.25) is 0 Å². The Labute approximate surface area is 139 Å². The largest absolute Gasteiger partial charge is 0.394 e. The van der Waals surface area contributed by atoms with Crippen molar-refractivity contribution in [2.24, 2.45) is 5.92 Å². The molecule has 1 aliphatic rings. The number of aliphatic hydroxyl groups excluding tert-OH is 8. The molecule has 1 fully saturated rings. The Kier molecular flexibility index (Phi) is 8.42. The lowest BCUT2D eigenvalue weighted by atomic mass is 9.94. The van der Waals surface area contributed by atoms with Crippen molar-refractivity contribution in [3.05, 3.63) is 0 Å². The Balaban J connectivity index is 2.92. The van der Waals surface area contributed by atoms with Crippen LogP contribution in [0.25, 0.3) is 0 Å². The van der Waals surface area contributed by atoms with Gasteiger partial charge in [0.2, 0.25) is 0 Å². The Hall–Kier alpha value is -0.400. The first kappa shape index (κ1) is 21.6. The van der Waals surface area contributed by atoms with Crippen LogP contribution < -0.4 is 0 Å². The normalized spacial score (nSPS) is 36.4. The Morgan fingerprint density at radius 3 is 1.96 bits per heavy atom. The van der Waals surface area contributed by atoms with Gasteiger partial charge in [-0.15, -0.1) is 0 Å². The standard InChI is InChI=1S/C14H28O10/c1-5(2)8(18)11(21)13(6(17)3-15)24-14-12(22)10(20)9(19)7(4-16)23-14/h5-22H,3-4H2,1-2H3/t6-,7-,8+,9+,10+,11-,12-,13-,14+/m1/s1. The first-order valence-electron chi connectivity index (χ1n) is 7.76. The number of ether oxygens (including phenoxy) is 2. The van der Waals surface area contributed by atoms with Crippen LogP contribution >= 0.6 is 0 Å². The van der Waals surface area contributed by atoms with Crippen molar-refractivity contribution >= 4 is 0 Å². The summed E-state index contributed by atoms with van der Waals surface area (Å²) in [4.78, 5) is 0. The average molecular weight is 356 g/mol. The summed E-state index contributed by atoms with van der Waals surface area (Å²) in [5.74, 6) is -0.396. The Morgan fingerprint density at radius 1 is 0.917 bits per heavy atom. The fourth-order valence-electron chi connectivity index (χ4n) is 2.43. The number of hydrogen-bond acceptors (Lipinski definition) is 10. The van der Waals surface area contributed by atoms with Crippen LogP contribution in [0.1, 0.15) is 13.8 Å². The van der Waals surface area contributed by atoms with Crippen molar-refractivity contribution in [1.82, 2.24) is 0 Å². The highest BCUT2D eigenvalue weighted by Gasteiger charge is 2.46. The van der Waals surface area contributed by atoms with E-state index in [0.717, 1.165) is 0 Å². The molecule has 1 saturated heterocycles. The predicted molar refractivity (Wildman–Crippen MR) is 78.6 cm³/mol. The molecule has 1 aliphatic heterocycles. The highest BCUT2D eigenvalue weighted by Crippen LogP contribution is 2.25. The minimum absolute atomic E-state index is 0.396. The summed E-state index contributed by atoms with van der Waals surface area (Å²) in [5, 5.41) is 77.5. The van der Waals surface area contributed by atoms with Gasteiger partial charge in [-0.05, 0) is 5.92 Å². The number of hydrogen-bond donors (Lipinski definition) is 8. The second-order valence-corrected chi connectivity index (χ2v) is 6.27. The van der Waals surface area contributed by atoms with E-state index in [1.54, 1.807) is 13.8 Å². The smallest absolute Gasteiger partial charge is 0.187 e. The van der Waals surface area contributed by atoms with E-state index < -0.39 is 74.3 Å². The van der Waals surface area contributed by atoms with E-state index in [4.69, 9.17) is 19.7 Å². The highest BCUT2D eigenvalue weighted by atomic mass is 16.7. The maximum absolute atomic E-state index is 10.2. The van der Waals surface area contributed by atoms with Crippen molar-refractivity contribution in [3.63, 3.8) is 0 Å². The van der Waals surface area contributed by atoms with Gasteiger partial charge in [-0.1, -0.05) is 13.8 Å². The lowest BCUT2D eigenvalue weighted by Gasteiger charge is -2.42. The van der Waals surface area contributed by atoms with Gasteiger partial charge in [0, 0.05) is 0 Å². The molecule has 8 N–H and O–H groups in total. The molecule has 10 nitrogen and oxygen atoms in total. The van der Waals surface area contributed by atoms with Crippen molar-refractivity contribution in [2.45, 2.75) is 69.0 Å². The fourth-order valence-corrected chi connectivity index (χ4v) is 2.43. The molecule has 1 heterocycles. The van der Waals surface area contributed by atoms with E-state index in [1.807, 2.05) is 0 Å². The molecule has 0 aromatic heterocycles. The van der Waals surface area contributed by atoms with Gasteiger partial charge in [0.15, 0.2) is 6.29 Å². The van der Waals surface area contributed by atoms with Crippen LogP contribution in [0.2, 0.25) is 0 Å². The third-order valence-electron chi connectivity index (χ3n) is 4.08. The van der Waals surface area contributed by atoms with Crippen molar-refractivity contribution < 1.29 is 50.3 Å². The zero-order valence-electron chi connectivity index (χ0n) is 13.6. The molecule has 0 amide bonds. The summed E-state index contributed by atoms with van der Waals surface area (Å²) in [7, 11) is 0. The van der Waals surface area contributed by atoms with Crippen molar-refractivity contribution in [2.75, 3.05) is 13.2 Å². The molecule has 0 saturated carbocycles. The van der Waals surface area contributed by atoms with Gasteiger partial charge in [0.1, 0.15) is 42.7 Å². The number of aliphatic hydroxyl groups is 8. The molecule has 0 aliphatic carbocycles. The van der Waals surface area contributed by atoms with Gasteiger partial charge in [-0.2, -0.15) is 0 Å². The SMILES string of the molecule is CC(C)[C@H](O)[C@@H](O)[C@H](O[C@@H]1O[C@H](CO)[C@H](O)[C@H](O)[C@H]1O)[C@H](O)CO. The van der Waals surface area contributed by atoms with E-state index in [1.165, 1.54) is 0 Å². The maximum Gasteiger partial charge on any atom is 0.187 e. The van der Waals surface area contributed by atoms with Gasteiger partial charge in [-0.25, -0.2) is 0 Å². The van der Waals surface area contributed by atoms with Gasteiger partial charge in [0.25, 0.3) is 0 Å². The minimum Gasteiger partial charge on any atom is -0.394 e. The lowest BCUT2D eigenvalue weighted by Crippen LogP contribution is -2.61. The van der Waals surface area contributed by atoms with E-state index in [-0.39, 0.29) is 0 Å². The topological polar surface area (TPSA) is 180 Å². The van der Waals surface area contributed by atoms with Crippen LogP contribution in [0.3, 0.4) is 0 Å². The van der Waals surface area contributed by atoms with E-state index in [2.05, 4.69) is 0 Å². The number of rotatable bonds is 8. The van der Waals surface area contributed by atoms with E-state index in [9.17, 15) is 30.6 Å². The van der Waals surface area contributed by atoms with Crippen molar-refractivity contribution in [1.29, 1.82) is 0 Å². The summed E-state index contributed by atoms with van der Waals surface area (Å²) in [6, 6.07) is 0. The predicted octanol–water partition coefficient (Wildman–Crippen LogP) is -4.10. The van der Waals surface area contributed by atoms with E-state index in [0.29, 0.717) is 0 Å². The van der Waals surface area contributed by atoms with Gasteiger partial charge < -0.3 is 50.3 Å². The molecular weight excluding hydrogens is 328 g/mol. The van der Waals surface area contributed by atoms with Crippen LogP contribution in [0, 0.1) is 5.92 Å². The third kappa shape index (κ3) is 4.82. The van der Waals surface area contributed by atoms with Crippen LogP contribution in [0.5, 0.6) is 0 Å². The Morgan fingerprint density at radius 2 is 1.50 bits per heavy atom. The summed E-state index contributed by atoms with van der Waals surface area (Å²) < 4.78 is 10.4. The molecule has 0 bridgehead atoms. The average Bonchev–Trinajstić information content (AvgIpc) is 2.57. The molecular formula is C14H28O10. The van der Waals surface area contributed by atoms with Crippen LogP contribution in [-0.4, -0.2) is 109 Å². The van der Waals surface area contributed by atoms with Crippen molar-refractivity contribution in [3.8, 4) is 0 Å². The lowest BCUT2D eigenvalue weighted by molar-refractivity contribution is -0.327. The fraction of sp³-hybridized carbons (Fsp3) is 1.00. The maximum atomic E-state index is 10.2. The first-order chi connectivity index (χ1) is 11.1. The quantitative estimate of drug-likeness (QED) is 0.213. The second kappa shape index (κ2) is 9.34. The molecule has 0 aromatic carbocycles. The zero-order chi connectivity index (χ0) is 18.6. The molecule has 0 unspecified atom stereocenters. The molecule has 0 aromatic rings.